The topological polar surface area (TPSA) is 113 Å². The Hall–Kier alpha value is -2.96. The van der Waals surface area contributed by atoms with Crippen LogP contribution >= 0.6 is 11.8 Å². The predicted molar refractivity (Wildman–Crippen MR) is 113 cm³/mol. The summed E-state index contributed by atoms with van der Waals surface area (Å²) in [5.74, 6) is -0.180. The number of rotatable bonds is 3. The number of nitrogens with zero attached hydrogens (tertiary/aromatic N) is 3. The fraction of sp³-hybridized carbons (Fsp3) is 0.333. The second-order valence-corrected chi connectivity index (χ2v) is 8.46. The molecule has 3 atom stereocenters. The number of nitriles is 1. The fourth-order valence-corrected chi connectivity index (χ4v) is 4.91. The summed E-state index contributed by atoms with van der Waals surface area (Å²) in [7, 11) is 0. The van der Waals surface area contributed by atoms with Crippen LogP contribution in [0.15, 0.2) is 41.5 Å². The lowest BCUT2D eigenvalue weighted by atomic mass is 9.73. The van der Waals surface area contributed by atoms with E-state index in [0.717, 1.165) is 0 Å². The third-order valence-corrected chi connectivity index (χ3v) is 6.37. The van der Waals surface area contributed by atoms with Crippen LogP contribution in [0, 0.1) is 23.1 Å². The number of nitrogens with one attached hydrogen (secondary N) is 1. The van der Waals surface area contributed by atoms with E-state index >= 15 is 4.39 Å². The highest BCUT2D eigenvalue weighted by atomic mass is 32.2. The molecule has 2 aliphatic heterocycles. The number of aromatic nitrogens is 1. The zero-order valence-corrected chi connectivity index (χ0v) is 17.1. The maximum absolute atomic E-state index is 15.0. The quantitative estimate of drug-likeness (QED) is 0.781. The molecule has 0 aliphatic carbocycles. The number of hydrogen-bond acceptors (Lipinski definition) is 7. The van der Waals surface area contributed by atoms with Gasteiger partial charge in [0.2, 0.25) is 0 Å². The molecule has 3 heterocycles. The average Bonchev–Trinajstić information content (AvgIpc) is 2.74. The van der Waals surface area contributed by atoms with Crippen LogP contribution in [0.5, 0.6) is 0 Å². The average molecular weight is 425 g/mol. The zero-order chi connectivity index (χ0) is 21.3. The van der Waals surface area contributed by atoms with Gasteiger partial charge in [-0.15, -0.1) is 0 Å². The van der Waals surface area contributed by atoms with Gasteiger partial charge in [0.1, 0.15) is 17.6 Å². The Morgan fingerprint density at radius 3 is 3.00 bits per heavy atom. The summed E-state index contributed by atoms with van der Waals surface area (Å²) in [6, 6.07) is 9.39. The van der Waals surface area contributed by atoms with Gasteiger partial charge in [-0.25, -0.2) is 9.37 Å². The molecule has 0 bridgehead atoms. The van der Waals surface area contributed by atoms with E-state index in [1.165, 1.54) is 42.2 Å². The standard InChI is InChI=1S/C21H20FN5O2S/c1-12-7-21(14(10-29-12)11-30-20(24)27-21)16-6-15(3-4-17(16)22)26-19(28)18-5-2-13(8-23)9-25-18/h2-6,9,12,14H,7,10-11H2,1H3,(H2,24,27)(H,26,28)/t12-,14?,21?/m0/s1. The van der Waals surface area contributed by atoms with Gasteiger partial charge in [0.05, 0.1) is 23.8 Å². The Labute approximate surface area is 177 Å². The van der Waals surface area contributed by atoms with Crippen LogP contribution in [-0.4, -0.2) is 34.5 Å². The first-order valence-electron chi connectivity index (χ1n) is 9.48. The molecule has 9 heteroatoms. The highest BCUT2D eigenvalue weighted by molar-refractivity contribution is 8.13. The number of ether oxygens (including phenoxy) is 1. The van der Waals surface area contributed by atoms with E-state index in [4.69, 9.17) is 20.7 Å². The molecule has 1 amide bonds. The molecule has 1 aromatic carbocycles. The number of pyridine rings is 1. The van der Waals surface area contributed by atoms with Crippen LogP contribution in [0.2, 0.25) is 0 Å². The summed E-state index contributed by atoms with van der Waals surface area (Å²) in [6.07, 6.45) is 1.74. The van der Waals surface area contributed by atoms with E-state index in [9.17, 15) is 4.79 Å². The first-order chi connectivity index (χ1) is 14.4. The number of fused-ring (bicyclic) bond motifs is 1. The van der Waals surface area contributed by atoms with Crippen molar-refractivity contribution in [3.63, 3.8) is 0 Å². The number of amides is 1. The van der Waals surface area contributed by atoms with Crippen LogP contribution in [0.1, 0.15) is 35.0 Å². The molecule has 0 spiro atoms. The normalized spacial score (nSPS) is 25.6. The van der Waals surface area contributed by atoms with Crippen LogP contribution in [0.4, 0.5) is 10.1 Å². The highest BCUT2D eigenvalue weighted by Gasteiger charge is 2.48. The monoisotopic (exact) mass is 425 g/mol. The van der Waals surface area contributed by atoms with Crippen LogP contribution in [0.25, 0.3) is 0 Å². The Morgan fingerprint density at radius 2 is 2.27 bits per heavy atom. The van der Waals surface area contributed by atoms with Crippen molar-refractivity contribution < 1.29 is 13.9 Å². The third-order valence-electron chi connectivity index (χ3n) is 5.41. The second kappa shape index (κ2) is 8.05. The summed E-state index contributed by atoms with van der Waals surface area (Å²) in [5.41, 5.74) is 6.55. The van der Waals surface area contributed by atoms with Crippen LogP contribution in [0.3, 0.4) is 0 Å². The minimum atomic E-state index is -0.829. The Kier molecular flexibility index (Phi) is 5.45. The van der Waals surface area contributed by atoms with E-state index < -0.39 is 17.3 Å². The molecular weight excluding hydrogens is 405 g/mol. The van der Waals surface area contributed by atoms with Gasteiger partial charge in [-0.2, -0.15) is 5.26 Å². The Morgan fingerprint density at radius 1 is 1.43 bits per heavy atom. The summed E-state index contributed by atoms with van der Waals surface area (Å²) in [6.45, 7) is 2.40. The second-order valence-electron chi connectivity index (χ2n) is 7.42. The number of carbonyl (C=O) groups is 1. The molecule has 2 aliphatic rings. The van der Waals surface area contributed by atoms with Gasteiger partial charge < -0.3 is 15.8 Å². The lowest BCUT2D eigenvalue weighted by Crippen LogP contribution is -2.49. The summed E-state index contributed by atoms with van der Waals surface area (Å²) in [5, 5.41) is 12.0. The number of thioether (sulfide) groups is 1. The van der Waals surface area contributed by atoms with Crippen molar-refractivity contribution >= 4 is 28.5 Å². The fourth-order valence-electron chi connectivity index (χ4n) is 3.93. The van der Waals surface area contributed by atoms with Crippen molar-refractivity contribution in [2.24, 2.45) is 16.6 Å². The number of anilines is 1. The summed E-state index contributed by atoms with van der Waals surface area (Å²) in [4.78, 5) is 21.2. The predicted octanol–water partition coefficient (Wildman–Crippen LogP) is 3.03. The van der Waals surface area contributed by atoms with Gasteiger partial charge >= 0.3 is 0 Å². The maximum Gasteiger partial charge on any atom is 0.274 e. The van der Waals surface area contributed by atoms with Gasteiger partial charge in [0.25, 0.3) is 5.91 Å². The van der Waals surface area contributed by atoms with Crippen molar-refractivity contribution in [1.29, 1.82) is 5.26 Å². The molecule has 2 aromatic rings. The Balaban J connectivity index is 1.68. The van der Waals surface area contributed by atoms with E-state index in [0.29, 0.717) is 40.8 Å². The smallest absolute Gasteiger partial charge is 0.274 e. The number of hydrogen-bond donors (Lipinski definition) is 2. The number of amidine groups is 1. The first kappa shape index (κ1) is 20.3. The summed E-state index contributed by atoms with van der Waals surface area (Å²) < 4.78 is 20.8. The number of nitrogens with two attached hydrogens (primary N) is 1. The van der Waals surface area contributed by atoms with Crippen molar-refractivity contribution in [3.05, 3.63) is 59.2 Å². The molecule has 3 N–H and O–H groups in total. The van der Waals surface area contributed by atoms with Gasteiger partial charge in [-0.05, 0) is 37.3 Å². The molecule has 154 valence electrons. The van der Waals surface area contributed by atoms with Crippen LogP contribution < -0.4 is 11.1 Å². The highest BCUT2D eigenvalue weighted by Crippen LogP contribution is 2.48. The van der Waals surface area contributed by atoms with E-state index in [1.807, 2.05) is 13.0 Å². The van der Waals surface area contributed by atoms with Crippen molar-refractivity contribution in [2.45, 2.75) is 25.0 Å². The molecule has 0 saturated carbocycles. The molecule has 1 saturated heterocycles. The molecule has 7 nitrogen and oxygen atoms in total. The van der Waals surface area contributed by atoms with Gasteiger partial charge in [-0.3, -0.25) is 9.79 Å². The van der Waals surface area contributed by atoms with Gasteiger partial charge in [-0.1, -0.05) is 11.8 Å². The minimum absolute atomic E-state index is 0.0216. The van der Waals surface area contributed by atoms with Crippen molar-refractivity contribution in [2.75, 3.05) is 17.7 Å². The van der Waals surface area contributed by atoms with Gasteiger partial charge in [0, 0.05) is 35.5 Å². The molecule has 1 fully saturated rings. The lowest BCUT2D eigenvalue weighted by molar-refractivity contribution is -0.0437. The number of halogens is 1. The zero-order valence-electron chi connectivity index (χ0n) is 16.3. The molecule has 0 radical (unpaired) electrons. The van der Waals surface area contributed by atoms with Gasteiger partial charge in [0.15, 0.2) is 5.17 Å². The minimum Gasteiger partial charge on any atom is -0.379 e. The number of carbonyl (C=O) groups excluding carboxylic acids is 1. The summed E-state index contributed by atoms with van der Waals surface area (Å²) >= 11 is 1.44. The van der Waals surface area contributed by atoms with Crippen LogP contribution in [-0.2, 0) is 10.3 Å². The number of benzene rings is 1. The SMILES string of the molecule is C[C@H]1CC2(c3cc(NC(=O)c4ccc(C#N)cn4)ccc3F)N=C(N)SCC2CO1. The lowest BCUT2D eigenvalue weighted by Gasteiger charge is -2.46. The first-order valence-corrected chi connectivity index (χ1v) is 10.5. The Bertz CT molecular complexity index is 1050. The number of aliphatic imine (C=N–C) groups is 1. The largest absolute Gasteiger partial charge is 0.379 e. The molecule has 30 heavy (non-hydrogen) atoms. The van der Waals surface area contributed by atoms with E-state index in [2.05, 4.69) is 10.3 Å². The van der Waals surface area contributed by atoms with E-state index in [-0.39, 0.29) is 17.7 Å². The van der Waals surface area contributed by atoms with Crippen molar-refractivity contribution in [3.8, 4) is 6.07 Å². The molecule has 4 rings (SSSR count). The molecular formula is C21H20FN5O2S. The van der Waals surface area contributed by atoms with Crippen molar-refractivity contribution in [1.82, 2.24) is 4.98 Å². The molecule has 1 aromatic heterocycles. The van der Waals surface area contributed by atoms with E-state index in [1.54, 1.807) is 6.07 Å². The third kappa shape index (κ3) is 3.76. The molecule has 2 unspecified atom stereocenters. The maximum atomic E-state index is 15.0.